The Labute approximate surface area is 161 Å². The molecule has 0 radical (unpaired) electrons. The van der Waals surface area contributed by atoms with E-state index in [4.69, 9.17) is 4.74 Å². The van der Waals surface area contributed by atoms with Gasteiger partial charge in [-0.25, -0.2) is 13.1 Å². The molecule has 0 saturated heterocycles. The molecule has 0 aliphatic heterocycles. The monoisotopic (exact) mass is 383 g/mol. The van der Waals surface area contributed by atoms with Gasteiger partial charge in [-0.3, -0.25) is 0 Å². The molecule has 0 aliphatic carbocycles. The molecule has 1 N–H and O–H groups in total. The lowest BCUT2D eigenvalue weighted by molar-refractivity contribution is 0.309. The fourth-order valence-corrected chi connectivity index (χ4v) is 4.22. The minimum atomic E-state index is -3.64. The largest absolute Gasteiger partial charge is 0.493 e. The van der Waals surface area contributed by atoms with Gasteiger partial charge in [-0.2, -0.15) is 0 Å². The molecule has 0 saturated carbocycles. The van der Waals surface area contributed by atoms with Gasteiger partial charge in [0.25, 0.3) is 0 Å². The molecule has 3 aromatic rings. The molecule has 3 rings (SSSR count). The maximum absolute atomic E-state index is 12.9. The van der Waals surface area contributed by atoms with Crippen molar-refractivity contribution in [3.8, 4) is 5.75 Å². The molecule has 0 unspecified atom stereocenters. The third-order valence-corrected chi connectivity index (χ3v) is 5.91. The van der Waals surface area contributed by atoms with E-state index in [2.05, 4.69) is 11.6 Å². The van der Waals surface area contributed by atoms with Crippen molar-refractivity contribution in [2.45, 2.75) is 37.6 Å². The molecule has 0 bridgehead atoms. The van der Waals surface area contributed by atoms with E-state index in [-0.39, 0.29) is 11.4 Å². The van der Waals surface area contributed by atoms with Gasteiger partial charge < -0.3 is 4.74 Å². The van der Waals surface area contributed by atoms with Gasteiger partial charge in [0.05, 0.1) is 11.5 Å². The summed E-state index contributed by atoms with van der Waals surface area (Å²) in [5, 5.41) is 1.49. The van der Waals surface area contributed by atoms with E-state index in [0.29, 0.717) is 12.0 Å². The van der Waals surface area contributed by atoms with Crippen LogP contribution in [0.5, 0.6) is 5.75 Å². The normalized spacial score (nSPS) is 11.6. The van der Waals surface area contributed by atoms with Crippen molar-refractivity contribution in [1.29, 1.82) is 0 Å². The smallest absolute Gasteiger partial charge is 0.241 e. The Morgan fingerprint density at radius 3 is 2.30 bits per heavy atom. The van der Waals surface area contributed by atoms with E-state index in [1.807, 2.05) is 54.6 Å². The fraction of sp³-hybridized carbons (Fsp3) is 0.273. The molecule has 142 valence electrons. The van der Waals surface area contributed by atoms with Crippen molar-refractivity contribution in [2.75, 3.05) is 6.61 Å². The highest BCUT2D eigenvalue weighted by molar-refractivity contribution is 7.89. The van der Waals surface area contributed by atoms with Gasteiger partial charge in [-0.15, -0.1) is 0 Å². The van der Waals surface area contributed by atoms with E-state index in [0.717, 1.165) is 36.0 Å². The number of hydrogen-bond donors (Lipinski definition) is 1. The first-order valence-corrected chi connectivity index (χ1v) is 10.8. The van der Waals surface area contributed by atoms with Crippen molar-refractivity contribution < 1.29 is 13.2 Å². The number of benzene rings is 3. The van der Waals surface area contributed by atoms with Gasteiger partial charge in [0.2, 0.25) is 10.0 Å². The Balaban J connectivity index is 1.86. The number of ether oxygens (including phenoxy) is 1. The predicted octanol–water partition coefficient (Wildman–Crippen LogP) is 4.89. The van der Waals surface area contributed by atoms with Gasteiger partial charge in [0.1, 0.15) is 5.75 Å². The van der Waals surface area contributed by atoms with Crippen molar-refractivity contribution >= 4 is 20.8 Å². The summed E-state index contributed by atoms with van der Waals surface area (Å²) < 4.78 is 34.4. The van der Waals surface area contributed by atoms with Crippen LogP contribution in [0, 0.1) is 0 Å². The minimum absolute atomic E-state index is 0.257. The van der Waals surface area contributed by atoms with Gasteiger partial charge in [-0.05, 0) is 24.1 Å². The van der Waals surface area contributed by atoms with Crippen LogP contribution in [0.15, 0.2) is 71.6 Å². The molecule has 0 aliphatic rings. The minimum Gasteiger partial charge on any atom is -0.493 e. The van der Waals surface area contributed by atoms with Crippen molar-refractivity contribution in [3.63, 3.8) is 0 Å². The molecule has 0 amide bonds. The first-order chi connectivity index (χ1) is 13.1. The fourth-order valence-electron chi connectivity index (χ4n) is 2.99. The van der Waals surface area contributed by atoms with E-state index in [9.17, 15) is 8.42 Å². The van der Waals surface area contributed by atoms with E-state index >= 15 is 0 Å². The summed E-state index contributed by atoms with van der Waals surface area (Å²) in [5.74, 6) is 0.726. The summed E-state index contributed by atoms with van der Waals surface area (Å²) in [4.78, 5) is 0.273. The second-order valence-corrected chi connectivity index (χ2v) is 8.21. The first-order valence-electron chi connectivity index (χ1n) is 9.30. The summed E-state index contributed by atoms with van der Waals surface area (Å²) >= 11 is 0. The van der Waals surface area contributed by atoms with Gasteiger partial charge in [-0.1, -0.05) is 74.4 Å². The molecular weight excluding hydrogens is 358 g/mol. The van der Waals surface area contributed by atoms with Crippen LogP contribution in [0.4, 0.5) is 0 Å². The van der Waals surface area contributed by atoms with Gasteiger partial charge in [0.15, 0.2) is 0 Å². The Bertz CT molecular complexity index is 985. The summed E-state index contributed by atoms with van der Waals surface area (Å²) in [6, 6.07) is 20.3. The highest BCUT2D eigenvalue weighted by atomic mass is 32.2. The maximum Gasteiger partial charge on any atom is 0.241 e. The Kier molecular flexibility index (Phi) is 6.48. The third-order valence-electron chi connectivity index (χ3n) is 4.45. The molecule has 0 aromatic heterocycles. The molecule has 27 heavy (non-hydrogen) atoms. The Morgan fingerprint density at radius 1 is 0.852 bits per heavy atom. The van der Waals surface area contributed by atoms with Crippen LogP contribution in [-0.4, -0.2) is 15.0 Å². The van der Waals surface area contributed by atoms with Crippen LogP contribution in [0.3, 0.4) is 0 Å². The highest BCUT2D eigenvalue weighted by Crippen LogP contribution is 2.31. The molecule has 0 fully saturated rings. The molecular formula is C22H25NO3S. The van der Waals surface area contributed by atoms with Crippen LogP contribution < -0.4 is 9.46 Å². The average Bonchev–Trinajstić information content (AvgIpc) is 2.70. The lowest BCUT2D eigenvalue weighted by atomic mass is 10.1. The van der Waals surface area contributed by atoms with Crippen LogP contribution in [0.1, 0.15) is 31.7 Å². The summed E-state index contributed by atoms with van der Waals surface area (Å²) in [6.45, 7) is 3.04. The first kappa shape index (κ1) is 19.4. The van der Waals surface area contributed by atoms with Crippen molar-refractivity contribution in [3.05, 3.63) is 72.3 Å². The second-order valence-electron chi connectivity index (χ2n) is 6.47. The quantitative estimate of drug-likeness (QED) is 0.535. The van der Waals surface area contributed by atoms with Crippen molar-refractivity contribution in [1.82, 2.24) is 4.72 Å². The average molecular weight is 384 g/mol. The second kappa shape index (κ2) is 9.02. The molecule has 0 heterocycles. The van der Waals surface area contributed by atoms with Gasteiger partial charge in [0, 0.05) is 17.3 Å². The van der Waals surface area contributed by atoms with Crippen LogP contribution in [0.2, 0.25) is 0 Å². The van der Waals surface area contributed by atoms with E-state index in [1.165, 1.54) is 0 Å². The zero-order valence-electron chi connectivity index (χ0n) is 15.5. The molecule has 3 aromatic carbocycles. The molecule has 4 nitrogen and oxygen atoms in total. The number of fused-ring (bicyclic) bond motifs is 1. The maximum atomic E-state index is 12.9. The summed E-state index contributed by atoms with van der Waals surface area (Å²) in [6.07, 6.45) is 3.24. The molecule has 0 atom stereocenters. The number of unbranched alkanes of at least 4 members (excludes halogenated alkanes) is 2. The van der Waals surface area contributed by atoms with Gasteiger partial charge >= 0.3 is 0 Å². The zero-order chi connectivity index (χ0) is 19.1. The lowest BCUT2D eigenvalue weighted by Gasteiger charge is -2.13. The number of hydrogen-bond acceptors (Lipinski definition) is 3. The van der Waals surface area contributed by atoms with E-state index < -0.39 is 10.0 Å². The van der Waals surface area contributed by atoms with E-state index in [1.54, 1.807) is 12.1 Å². The highest BCUT2D eigenvalue weighted by Gasteiger charge is 2.18. The van der Waals surface area contributed by atoms with Crippen LogP contribution in [0.25, 0.3) is 10.8 Å². The van der Waals surface area contributed by atoms with Crippen LogP contribution >= 0.6 is 0 Å². The summed E-state index contributed by atoms with van der Waals surface area (Å²) in [7, 11) is -3.64. The number of rotatable bonds is 9. The zero-order valence-corrected chi connectivity index (χ0v) is 16.3. The van der Waals surface area contributed by atoms with Crippen molar-refractivity contribution in [2.24, 2.45) is 0 Å². The Hall–Kier alpha value is -2.37. The topological polar surface area (TPSA) is 55.4 Å². The third kappa shape index (κ3) is 4.87. The predicted molar refractivity (Wildman–Crippen MR) is 109 cm³/mol. The molecule has 0 spiro atoms. The van der Waals surface area contributed by atoms with Crippen LogP contribution in [-0.2, 0) is 16.6 Å². The lowest BCUT2D eigenvalue weighted by Crippen LogP contribution is -2.23. The Morgan fingerprint density at radius 2 is 1.56 bits per heavy atom. The molecule has 5 heteroatoms. The number of sulfonamides is 1. The number of nitrogens with one attached hydrogen (secondary N) is 1. The summed E-state index contributed by atoms with van der Waals surface area (Å²) in [5.41, 5.74) is 0.918. The standard InChI is InChI=1S/C22H25NO3S/c1-2-3-9-16-26-21-14-15-22(20-13-8-7-12-19(20)21)27(24,25)23-17-18-10-5-4-6-11-18/h4-8,10-15,23H,2-3,9,16-17H2,1H3. The SMILES string of the molecule is CCCCCOc1ccc(S(=O)(=O)NCc2ccccc2)c2ccccc12.